The van der Waals surface area contributed by atoms with Gasteiger partial charge in [0.2, 0.25) is 0 Å². The third kappa shape index (κ3) is 2.95. The highest BCUT2D eigenvalue weighted by atomic mass is 16.3. The number of carbonyl (C=O) groups is 1. The molecule has 0 heterocycles. The zero-order chi connectivity index (χ0) is 13.8. The Hall–Kier alpha value is -2.69. The fourth-order valence-electron chi connectivity index (χ4n) is 1.67. The van der Waals surface area contributed by atoms with Crippen LogP contribution in [0.3, 0.4) is 0 Å². The lowest BCUT2D eigenvalue weighted by molar-refractivity contribution is 0.0948. The summed E-state index contributed by atoms with van der Waals surface area (Å²) in [7, 11) is 0. The molecule has 5 N–H and O–H groups in total. The zero-order valence-corrected chi connectivity index (χ0v) is 10.1. The number of phenolic OH excluding ortho intramolecular Hbond substituents is 2. The van der Waals surface area contributed by atoms with Gasteiger partial charge in [-0.05, 0) is 29.8 Å². The first-order chi connectivity index (χ1) is 9.08. The number of nitrogens with one attached hydrogen (secondary N) is 1. The van der Waals surface area contributed by atoms with Gasteiger partial charge in [-0.25, -0.2) is 0 Å². The lowest BCUT2D eigenvalue weighted by Gasteiger charge is -2.09. The van der Waals surface area contributed by atoms with Crippen LogP contribution in [0.4, 0.5) is 5.69 Å². The lowest BCUT2D eigenvalue weighted by atomic mass is 10.1. The highest BCUT2D eigenvalue weighted by molar-refractivity contribution is 5.97. The van der Waals surface area contributed by atoms with E-state index in [1.165, 1.54) is 18.2 Å². The minimum Gasteiger partial charge on any atom is -0.508 e. The van der Waals surface area contributed by atoms with Crippen molar-refractivity contribution in [3.8, 4) is 11.5 Å². The summed E-state index contributed by atoms with van der Waals surface area (Å²) in [4.78, 5) is 11.9. The lowest BCUT2D eigenvalue weighted by Crippen LogP contribution is -2.23. The van der Waals surface area contributed by atoms with Crippen molar-refractivity contribution >= 4 is 11.6 Å². The van der Waals surface area contributed by atoms with Crippen LogP contribution in [-0.2, 0) is 6.54 Å². The third-order valence-electron chi connectivity index (χ3n) is 2.72. The van der Waals surface area contributed by atoms with Crippen LogP contribution >= 0.6 is 0 Å². The van der Waals surface area contributed by atoms with Gasteiger partial charge >= 0.3 is 0 Å². The number of anilines is 1. The minimum atomic E-state index is -0.475. The van der Waals surface area contributed by atoms with E-state index in [0.29, 0.717) is 5.69 Å². The smallest absolute Gasteiger partial charge is 0.255 e. The van der Waals surface area contributed by atoms with Crippen molar-refractivity contribution in [1.82, 2.24) is 5.32 Å². The molecule has 2 aromatic carbocycles. The predicted octanol–water partition coefficient (Wildman–Crippen LogP) is 1.61. The summed E-state index contributed by atoms with van der Waals surface area (Å²) in [6, 6.07) is 11.0. The largest absolute Gasteiger partial charge is 0.508 e. The molecule has 5 nitrogen and oxygen atoms in total. The molecular formula is C14H14N2O3. The van der Waals surface area contributed by atoms with Gasteiger partial charge in [-0.1, -0.05) is 18.2 Å². The second kappa shape index (κ2) is 5.30. The number of rotatable bonds is 3. The molecule has 98 valence electrons. The normalized spacial score (nSPS) is 10.1. The van der Waals surface area contributed by atoms with E-state index in [0.717, 1.165) is 5.56 Å². The number of nitrogen functional groups attached to an aromatic ring is 1. The van der Waals surface area contributed by atoms with Crippen molar-refractivity contribution in [3.05, 3.63) is 53.6 Å². The van der Waals surface area contributed by atoms with Gasteiger partial charge in [-0.15, -0.1) is 0 Å². The number of para-hydroxylation sites is 1. The Labute approximate surface area is 110 Å². The van der Waals surface area contributed by atoms with Crippen LogP contribution in [0.1, 0.15) is 15.9 Å². The van der Waals surface area contributed by atoms with Crippen molar-refractivity contribution in [3.63, 3.8) is 0 Å². The van der Waals surface area contributed by atoms with E-state index in [1.807, 2.05) is 12.1 Å². The Morgan fingerprint density at radius 3 is 2.63 bits per heavy atom. The molecule has 0 atom stereocenters. The van der Waals surface area contributed by atoms with Crippen molar-refractivity contribution in [1.29, 1.82) is 0 Å². The summed E-state index contributed by atoms with van der Waals surface area (Å²) in [6.45, 7) is 0.251. The Morgan fingerprint density at radius 1 is 1.16 bits per heavy atom. The van der Waals surface area contributed by atoms with Crippen LogP contribution in [-0.4, -0.2) is 16.1 Å². The Balaban J connectivity index is 2.10. The van der Waals surface area contributed by atoms with E-state index in [9.17, 15) is 15.0 Å². The second-order valence-corrected chi connectivity index (χ2v) is 4.08. The van der Waals surface area contributed by atoms with Gasteiger partial charge in [0.25, 0.3) is 5.91 Å². The number of phenols is 2. The summed E-state index contributed by atoms with van der Waals surface area (Å²) in [5, 5.41) is 21.5. The van der Waals surface area contributed by atoms with Crippen molar-refractivity contribution < 1.29 is 15.0 Å². The predicted molar refractivity (Wildman–Crippen MR) is 71.8 cm³/mol. The number of carbonyl (C=O) groups excluding carboxylic acids is 1. The molecule has 0 aliphatic heterocycles. The van der Waals surface area contributed by atoms with Gasteiger partial charge < -0.3 is 21.3 Å². The maximum absolute atomic E-state index is 11.9. The minimum absolute atomic E-state index is 0.0227. The van der Waals surface area contributed by atoms with Gasteiger partial charge in [0.1, 0.15) is 11.5 Å². The number of hydrogen-bond acceptors (Lipinski definition) is 4. The molecule has 5 heteroatoms. The molecule has 0 radical (unpaired) electrons. The Kier molecular flexibility index (Phi) is 3.56. The van der Waals surface area contributed by atoms with Crippen LogP contribution in [0.2, 0.25) is 0 Å². The second-order valence-electron chi connectivity index (χ2n) is 4.08. The maximum atomic E-state index is 11.9. The van der Waals surface area contributed by atoms with E-state index < -0.39 is 5.91 Å². The summed E-state index contributed by atoms with van der Waals surface area (Å²) in [6.07, 6.45) is 0. The van der Waals surface area contributed by atoms with Gasteiger partial charge in [0, 0.05) is 12.2 Å². The van der Waals surface area contributed by atoms with Crippen LogP contribution in [0.15, 0.2) is 42.5 Å². The van der Waals surface area contributed by atoms with Crippen molar-refractivity contribution in [2.75, 3.05) is 5.73 Å². The molecule has 0 bridgehead atoms. The molecular weight excluding hydrogens is 244 g/mol. The molecule has 0 saturated carbocycles. The van der Waals surface area contributed by atoms with Gasteiger partial charge in [-0.3, -0.25) is 4.79 Å². The van der Waals surface area contributed by atoms with E-state index in [-0.39, 0.29) is 23.6 Å². The monoisotopic (exact) mass is 258 g/mol. The van der Waals surface area contributed by atoms with E-state index in [1.54, 1.807) is 12.1 Å². The van der Waals surface area contributed by atoms with Crippen LogP contribution < -0.4 is 11.1 Å². The SMILES string of the molecule is Nc1ccccc1CNC(=O)c1cc(O)ccc1O. The molecule has 1 amide bonds. The standard InChI is InChI=1S/C14H14N2O3/c15-12-4-2-1-3-9(12)8-16-14(19)11-7-10(17)5-6-13(11)18/h1-7,17-18H,8,15H2,(H,16,19). The first kappa shape index (κ1) is 12.8. The number of benzene rings is 2. The first-order valence-electron chi connectivity index (χ1n) is 5.71. The molecule has 0 aromatic heterocycles. The molecule has 2 rings (SSSR count). The van der Waals surface area contributed by atoms with E-state index >= 15 is 0 Å². The quantitative estimate of drug-likeness (QED) is 0.497. The highest BCUT2D eigenvalue weighted by Gasteiger charge is 2.12. The number of nitrogens with two attached hydrogens (primary N) is 1. The Bertz CT molecular complexity index is 611. The van der Waals surface area contributed by atoms with Crippen molar-refractivity contribution in [2.24, 2.45) is 0 Å². The van der Waals surface area contributed by atoms with Gasteiger partial charge in [-0.2, -0.15) is 0 Å². The fraction of sp³-hybridized carbons (Fsp3) is 0.0714. The molecule has 0 aliphatic carbocycles. The van der Waals surface area contributed by atoms with Crippen molar-refractivity contribution in [2.45, 2.75) is 6.54 Å². The molecule has 19 heavy (non-hydrogen) atoms. The van der Waals surface area contributed by atoms with E-state index in [2.05, 4.69) is 5.32 Å². The zero-order valence-electron chi connectivity index (χ0n) is 10.1. The number of amides is 1. The number of hydrogen-bond donors (Lipinski definition) is 4. The summed E-state index contributed by atoms with van der Waals surface area (Å²) >= 11 is 0. The van der Waals surface area contributed by atoms with Gasteiger partial charge in [0.05, 0.1) is 5.56 Å². The average Bonchev–Trinajstić information content (AvgIpc) is 2.40. The first-order valence-corrected chi connectivity index (χ1v) is 5.71. The topological polar surface area (TPSA) is 95.6 Å². The average molecular weight is 258 g/mol. The third-order valence-corrected chi connectivity index (χ3v) is 2.72. The number of aromatic hydroxyl groups is 2. The highest BCUT2D eigenvalue weighted by Crippen LogP contribution is 2.22. The van der Waals surface area contributed by atoms with Crippen LogP contribution in [0.5, 0.6) is 11.5 Å². The Morgan fingerprint density at radius 2 is 1.89 bits per heavy atom. The van der Waals surface area contributed by atoms with Gasteiger partial charge in [0.15, 0.2) is 0 Å². The summed E-state index contributed by atoms with van der Waals surface area (Å²) in [5.41, 5.74) is 7.16. The van der Waals surface area contributed by atoms with E-state index in [4.69, 9.17) is 5.73 Å². The molecule has 0 fully saturated rings. The molecule has 0 unspecified atom stereocenters. The molecule has 0 aliphatic rings. The maximum Gasteiger partial charge on any atom is 0.255 e. The fourth-order valence-corrected chi connectivity index (χ4v) is 1.67. The van der Waals surface area contributed by atoms with Crippen LogP contribution in [0.25, 0.3) is 0 Å². The summed E-state index contributed by atoms with van der Waals surface area (Å²) in [5.74, 6) is -0.741. The molecule has 0 spiro atoms. The molecule has 2 aromatic rings. The van der Waals surface area contributed by atoms with Crippen LogP contribution in [0, 0.1) is 0 Å². The molecule has 0 saturated heterocycles. The summed E-state index contributed by atoms with van der Waals surface area (Å²) < 4.78 is 0.